The molecule has 68 heavy (non-hydrogen) atoms. The fraction of sp³-hybridized carbons (Fsp3) is 0.250. The summed E-state index contributed by atoms with van der Waals surface area (Å²) in [6.45, 7) is 19.4. The van der Waals surface area contributed by atoms with Gasteiger partial charge >= 0.3 is 0 Å². The summed E-state index contributed by atoms with van der Waals surface area (Å²) in [7, 11) is 2.50. The van der Waals surface area contributed by atoms with Gasteiger partial charge in [-0.2, -0.15) is 0 Å². The maximum Gasteiger partial charge on any atom is 0.197 e. The van der Waals surface area contributed by atoms with E-state index >= 15 is 0 Å². The lowest BCUT2D eigenvalue weighted by molar-refractivity contribution is 0.332. The second-order valence-corrected chi connectivity index (χ2v) is 22.6. The number of para-hydroxylation sites is 1. The summed E-state index contributed by atoms with van der Waals surface area (Å²) in [6, 6.07) is 60.8. The molecule has 3 aliphatic rings. The second-order valence-electron chi connectivity index (χ2n) is 22.6. The number of benzene rings is 8. The average molecular weight is 884 g/mol. The van der Waals surface area contributed by atoms with Crippen LogP contribution in [0.15, 0.2) is 168 Å². The van der Waals surface area contributed by atoms with E-state index in [1.165, 1.54) is 67.5 Å². The summed E-state index contributed by atoms with van der Waals surface area (Å²) in [5, 5.41) is 6.27. The summed E-state index contributed by atoms with van der Waals surface area (Å²) in [4.78, 5) is 2.56. The first-order valence-electron chi connectivity index (χ1n) is 24.7. The fourth-order valence-corrected chi connectivity index (χ4v) is 11.9. The number of nitrogens with one attached hydrogen (secondary N) is 1. The molecule has 0 bridgehead atoms. The first kappa shape index (κ1) is 42.6. The molecule has 8 aromatic carbocycles. The van der Waals surface area contributed by atoms with Gasteiger partial charge in [0.2, 0.25) is 0 Å². The van der Waals surface area contributed by atoms with Crippen LogP contribution in [0.3, 0.4) is 0 Å². The molecular weight excluding hydrogens is 824 g/mol. The quantitative estimate of drug-likeness (QED) is 0.169. The highest BCUT2D eigenvalue weighted by atomic mass is 16.3. The van der Waals surface area contributed by atoms with Crippen molar-refractivity contribution in [2.45, 2.75) is 103 Å². The van der Waals surface area contributed by atoms with E-state index in [1.54, 1.807) is 0 Å². The number of rotatable bonds is 6. The lowest BCUT2D eigenvalue weighted by Gasteiger charge is -2.44. The number of anilines is 5. The lowest BCUT2D eigenvalue weighted by atomic mass is 9.55. The Hall–Kier alpha value is -6.78. The SMILES string of the molecule is CC1(C)CCC(C)(C)c2cc(Nc3ccc(-c4ccccc4)cc3-c3cc4oc5ccccc5c4c4c3[B]c3cc5c(cc3N4c3ccc(-c4ccccc4)cc3)C(C)(C)CCC5(C)C)ccc21. The lowest BCUT2D eigenvalue weighted by Crippen LogP contribution is -2.43. The van der Waals surface area contributed by atoms with E-state index in [0.29, 0.717) is 0 Å². The number of furan rings is 1. The molecule has 0 saturated carbocycles. The van der Waals surface area contributed by atoms with Gasteiger partial charge in [-0.3, -0.25) is 0 Å². The predicted molar refractivity (Wildman–Crippen MR) is 290 cm³/mol. The Bertz CT molecular complexity index is 3450. The van der Waals surface area contributed by atoms with Gasteiger partial charge in [0.05, 0.1) is 11.1 Å². The molecule has 4 heteroatoms. The molecule has 0 saturated heterocycles. The zero-order valence-electron chi connectivity index (χ0n) is 40.8. The van der Waals surface area contributed by atoms with Crippen molar-refractivity contribution in [3.8, 4) is 33.4 Å². The Kier molecular flexibility index (Phi) is 9.62. The number of hydrogen-bond donors (Lipinski definition) is 1. The Morgan fingerprint density at radius 1 is 0.471 bits per heavy atom. The molecule has 12 rings (SSSR count). The van der Waals surface area contributed by atoms with Crippen LogP contribution in [0.25, 0.3) is 55.3 Å². The molecule has 1 radical (unpaired) electrons. The fourth-order valence-electron chi connectivity index (χ4n) is 11.9. The molecule has 2 heterocycles. The molecule has 0 amide bonds. The van der Waals surface area contributed by atoms with Gasteiger partial charge in [-0.15, -0.1) is 0 Å². The molecule has 0 unspecified atom stereocenters. The molecule has 3 nitrogen and oxygen atoms in total. The maximum atomic E-state index is 7.00. The maximum absolute atomic E-state index is 7.00. The van der Waals surface area contributed by atoms with Crippen LogP contribution in [0.5, 0.6) is 0 Å². The summed E-state index contributed by atoms with van der Waals surface area (Å²) < 4.78 is 7.00. The minimum Gasteiger partial charge on any atom is -0.456 e. The van der Waals surface area contributed by atoms with E-state index in [9.17, 15) is 0 Å². The summed E-state index contributed by atoms with van der Waals surface area (Å²) in [6.07, 6.45) is 4.65. The van der Waals surface area contributed by atoms with Gasteiger partial charge in [-0.1, -0.05) is 170 Å². The molecule has 1 aliphatic heterocycles. The molecule has 0 fully saturated rings. The monoisotopic (exact) mass is 883 g/mol. The van der Waals surface area contributed by atoms with Gasteiger partial charge < -0.3 is 14.6 Å². The zero-order valence-corrected chi connectivity index (χ0v) is 40.8. The smallest absolute Gasteiger partial charge is 0.197 e. The molecular formula is C64H60BN2O. The predicted octanol–water partition coefficient (Wildman–Crippen LogP) is 16.5. The van der Waals surface area contributed by atoms with Crippen molar-refractivity contribution in [2.24, 2.45) is 0 Å². The third-order valence-electron chi connectivity index (χ3n) is 16.2. The van der Waals surface area contributed by atoms with Crippen LogP contribution in [0.4, 0.5) is 28.4 Å². The average Bonchev–Trinajstić information content (AvgIpc) is 3.72. The molecule has 2 aliphatic carbocycles. The number of hydrogen-bond acceptors (Lipinski definition) is 3. The summed E-state index contributed by atoms with van der Waals surface area (Å²) in [5.41, 5.74) is 22.9. The van der Waals surface area contributed by atoms with Crippen molar-refractivity contribution >= 4 is 68.6 Å². The Morgan fingerprint density at radius 3 is 1.71 bits per heavy atom. The van der Waals surface area contributed by atoms with Gasteiger partial charge in [0.1, 0.15) is 11.2 Å². The van der Waals surface area contributed by atoms with Crippen LogP contribution in [0, 0.1) is 0 Å². The van der Waals surface area contributed by atoms with E-state index in [4.69, 9.17) is 4.42 Å². The highest BCUT2D eigenvalue weighted by molar-refractivity contribution is 6.74. The first-order valence-corrected chi connectivity index (χ1v) is 24.7. The Labute approximate surface area is 403 Å². The number of fused-ring (bicyclic) bond motifs is 8. The standard InChI is InChI=1S/C64H60BN2O/c1-61(2)31-32-62(3,4)50-36-44(26-29-49(50)61)66-54-30-25-43(41-19-13-10-14-20-41)35-47(54)48-37-57-58(46-21-15-16-22-56(46)68-57)60-59(48)65-53-38-51-52(64(7,8)34-33-63(51,5)6)39-55(53)67(60)45-27-23-42(24-28-45)40-17-11-9-12-18-40/h9-30,35-39,66H,31-34H2,1-8H3. The van der Waals surface area contributed by atoms with Crippen molar-refractivity contribution in [1.29, 1.82) is 0 Å². The van der Waals surface area contributed by atoms with Crippen molar-refractivity contribution in [1.82, 2.24) is 0 Å². The Balaban J connectivity index is 1.14. The third kappa shape index (κ3) is 6.93. The van der Waals surface area contributed by atoms with Crippen LogP contribution in [0.2, 0.25) is 0 Å². The number of nitrogens with zero attached hydrogens (tertiary/aromatic N) is 1. The van der Waals surface area contributed by atoms with Crippen LogP contribution < -0.4 is 21.1 Å². The van der Waals surface area contributed by atoms with Crippen LogP contribution >= 0.6 is 0 Å². The van der Waals surface area contributed by atoms with Crippen molar-refractivity contribution in [3.63, 3.8) is 0 Å². The highest BCUT2D eigenvalue weighted by Crippen LogP contribution is 2.52. The summed E-state index contributed by atoms with van der Waals surface area (Å²) >= 11 is 0. The van der Waals surface area contributed by atoms with E-state index in [0.717, 1.165) is 75.1 Å². The van der Waals surface area contributed by atoms with Gasteiger partial charge in [0, 0.05) is 33.7 Å². The molecule has 0 atom stereocenters. The first-order chi connectivity index (χ1) is 32.6. The molecule has 1 aromatic heterocycles. The minimum atomic E-state index is 0.0304. The van der Waals surface area contributed by atoms with Gasteiger partial charge in [-0.25, -0.2) is 0 Å². The summed E-state index contributed by atoms with van der Waals surface area (Å²) in [5.74, 6) is 0. The normalized spacial score (nSPS) is 17.1. The second kappa shape index (κ2) is 15.4. The van der Waals surface area contributed by atoms with E-state index in [1.807, 2.05) is 0 Å². The molecule has 0 spiro atoms. The van der Waals surface area contributed by atoms with E-state index in [2.05, 4.69) is 237 Å². The van der Waals surface area contributed by atoms with Gasteiger partial charge in [0.25, 0.3) is 0 Å². The topological polar surface area (TPSA) is 28.4 Å². The van der Waals surface area contributed by atoms with Crippen LogP contribution in [-0.4, -0.2) is 7.28 Å². The van der Waals surface area contributed by atoms with Crippen molar-refractivity contribution in [2.75, 3.05) is 10.2 Å². The largest absolute Gasteiger partial charge is 0.456 e. The van der Waals surface area contributed by atoms with Crippen molar-refractivity contribution < 1.29 is 4.42 Å². The zero-order chi connectivity index (χ0) is 46.7. The highest BCUT2D eigenvalue weighted by Gasteiger charge is 2.41. The van der Waals surface area contributed by atoms with Gasteiger partial charge in [-0.05, 0) is 157 Å². The van der Waals surface area contributed by atoms with Crippen LogP contribution in [0.1, 0.15) is 103 Å². The third-order valence-corrected chi connectivity index (χ3v) is 16.2. The van der Waals surface area contributed by atoms with Crippen molar-refractivity contribution in [3.05, 3.63) is 186 Å². The van der Waals surface area contributed by atoms with E-state index in [-0.39, 0.29) is 21.7 Å². The molecule has 9 aromatic rings. The van der Waals surface area contributed by atoms with E-state index < -0.39 is 0 Å². The van der Waals surface area contributed by atoms with Crippen LogP contribution in [-0.2, 0) is 21.7 Å². The Morgan fingerprint density at radius 2 is 1.03 bits per heavy atom. The minimum absolute atomic E-state index is 0.0304. The van der Waals surface area contributed by atoms with Gasteiger partial charge in [0.15, 0.2) is 7.28 Å². The molecule has 335 valence electrons. The molecule has 1 N–H and O–H groups in total.